The van der Waals surface area contributed by atoms with Crippen LogP contribution >= 0.6 is 0 Å². The molecule has 0 aliphatic carbocycles. The summed E-state index contributed by atoms with van der Waals surface area (Å²) >= 11 is 0. The SMILES string of the molecule is CCc1ccc(C[NH+]2CCN(C(=O)COc3ccc4ccccc4c3)CC2)cc1. The van der Waals surface area contributed by atoms with Gasteiger partial charge >= 0.3 is 0 Å². The molecule has 0 spiro atoms. The number of piperazine rings is 1. The van der Waals surface area contributed by atoms with Gasteiger partial charge in [0.05, 0.1) is 26.2 Å². The molecule has 1 saturated heterocycles. The van der Waals surface area contributed by atoms with Crippen molar-refractivity contribution in [1.29, 1.82) is 0 Å². The largest absolute Gasteiger partial charge is 0.484 e. The molecule has 0 aromatic heterocycles. The first-order chi connectivity index (χ1) is 14.2. The van der Waals surface area contributed by atoms with Crippen molar-refractivity contribution >= 4 is 16.7 Å². The highest BCUT2D eigenvalue weighted by Crippen LogP contribution is 2.20. The summed E-state index contributed by atoms with van der Waals surface area (Å²) in [6.45, 7) is 6.87. The van der Waals surface area contributed by atoms with Crippen LogP contribution in [0.15, 0.2) is 66.7 Å². The smallest absolute Gasteiger partial charge is 0.260 e. The van der Waals surface area contributed by atoms with Crippen LogP contribution in [0.1, 0.15) is 18.1 Å². The normalized spacial score (nSPS) is 14.9. The third kappa shape index (κ3) is 4.96. The van der Waals surface area contributed by atoms with E-state index in [1.807, 2.05) is 35.2 Å². The van der Waals surface area contributed by atoms with Gasteiger partial charge in [0, 0.05) is 5.56 Å². The third-order valence-corrected chi connectivity index (χ3v) is 5.79. The molecule has 1 fully saturated rings. The van der Waals surface area contributed by atoms with E-state index in [0.29, 0.717) is 0 Å². The first-order valence-corrected chi connectivity index (χ1v) is 10.5. The number of rotatable bonds is 6. The number of amides is 1. The van der Waals surface area contributed by atoms with Crippen molar-refractivity contribution in [2.75, 3.05) is 32.8 Å². The van der Waals surface area contributed by atoms with Gasteiger partial charge in [-0.2, -0.15) is 0 Å². The molecular formula is C25H29N2O2+. The van der Waals surface area contributed by atoms with E-state index in [1.54, 1.807) is 0 Å². The second-order valence-electron chi connectivity index (χ2n) is 7.78. The average molecular weight is 390 g/mol. The Hall–Kier alpha value is -2.85. The molecule has 0 saturated carbocycles. The van der Waals surface area contributed by atoms with Gasteiger partial charge in [-0.15, -0.1) is 0 Å². The van der Waals surface area contributed by atoms with Crippen LogP contribution in [-0.2, 0) is 17.8 Å². The number of hydrogen-bond acceptors (Lipinski definition) is 2. The monoisotopic (exact) mass is 389 g/mol. The highest BCUT2D eigenvalue weighted by molar-refractivity contribution is 5.84. The summed E-state index contributed by atoms with van der Waals surface area (Å²) in [6, 6.07) is 23.0. The number of fused-ring (bicyclic) bond motifs is 1. The van der Waals surface area contributed by atoms with Crippen molar-refractivity contribution in [3.8, 4) is 5.75 Å². The van der Waals surface area contributed by atoms with Crippen LogP contribution in [0.25, 0.3) is 10.8 Å². The fourth-order valence-electron chi connectivity index (χ4n) is 3.92. The van der Waals surface area contributed by atoms with Gasteiger partial charge in [-0.25, -0.2) is 0 Å². The second-order valence-corrected chi connectivity index (χ2v) is 7.78. The van der Waals surface area contributed by atoms with E-state index in [2.05, 4.69) is 43.3 Å². The van der Waals surface area contributed by atoms with Gasteiger partial charge in [0.15, 0.2) is 6.61 Å². The number of quaternary nitrogens is 1. The molecule has 4 rings (SSSR count). The molecule has 1 aliphatic rings. The third-order valence-electron chi connectivity index (χ3n) is 5.79. The number of benzene rings is 3. The summed E-state index contributed by atoms with van der Waals surface area (Å²) in [5, 5.41) is 2.30. The molecule has 1 amide bonds. The van der Waals surface area contributed by atoms with Crippen LogP contribution in [0, 0.1) is 0 Å². The van der Waals surface area contributed by atoms with E-state index < -0.39 is 0 Å². The Labute approximate surface area is 172 Å². The van der Waals surface area contributed by atoms with Crippen LogP contribution in [0.3, 0.4) is 0 Å². The standard InChI is InChI=1S/C25H28N2O2/c1-2-20-7-9-21(10-8-20)18-26-13-15-27(16-14-26)25(28)19-29-24-12-11-22-5-3-4-6-23(22)17-24/h3-12,17H,2,13-16,18-19H2,1H3/p+1. The summed E-state index contributed by atoms with van der Waals surface area (Å²) in [5.74, 6) is 0.821. The molecule has 0 atom stereocenters. The minimum absolute atomic E-state index is 0.0736. The molecule has 1 heterocycles. The Kier molecular flexibility index (Phi) is 6.11. The first kappa shape index (κ1) is 19.5. The minimum Gasteiger partial charge on any atom is -0.484 e. The number of nitrogens with one attached hydrogen (secondary N) is 1. The topological polar surface area (TPSA) is 34.0 Å². The molecule has 3 aromatic carbocycles. The van der Waals surface area contributed by atoms with E-state index >= 15 is 0 Å². The maximum absolute atomic E-state index is 12.6. The minimum atomic E-state index is 0.0736. The van der Waals surface area contributed by atoms with E-state index in [9.17, 15) is 4.79 Å². The lowest BCUT2D eigenvalue weighted by molar-refractivity contribution is -0.917. The Morgan fingerprint density at radius 2 is 1.62 bits per heavy atom. The van der Waals surface area contributed by atoms with Gasteiger partial charge in [-0.3, -0.25) is 4.79 Å². The Morgan fingerprint density at radius 3 is 2.34 bits per heavy atom. The van der Waals surface area contributed by atoms with Crippen LogP contribution in [0.4, 0.5) is 0 Å². The summed E-state index contributed by atoms with van der Waals surface area (Å²) in [4.78, 5) is 16.0. The predicted octanol–water partition coefficient (Wildman–Crippen LogP) is 2.71. The van der Waals surface area contributed by atoms with Crippen LogP contribution in [0.5, 0.6) is 5.75 Å². The quantitative estimate of drug-likeness (QED) is 0.703. The molecule has 0 radical (unpaired) electrons. The van der Waals surface area contributed by atoms with Gasteiger partial charge in [0.2, 0.25) is 0 Å². The maximum atomic E-state index is 12.6. The molecule has 4 nitrogen and oxygen atoms in total. The molecule has 3 aromatic rings. The van der Waals surface area contributed by atoms with Crippen molar-refractivity contribution in [2.45, 2.75) is 19.9 Å². The highest BCUT2D eigenvalue weighted by atomic mass is 16.5. The van der Waals surface area contributed by atoms with E-state index in [0.717, 1.165) is 50.3 Å². The number of hydrogen-bond donors (Lipinski definition) is 1. The van der Waals surface area contributed by atoms with Crippen molar-refractivity contribution in [3.63, 3.8) is 0 Å². The molecule has 0 unspecified atom stereocenters. The van der Waals surface area contributed by atoms with E-state index in [1.165, 1.54) is 21.4 Å². The van der Waals surface area contributed by atoms with Crippen molar-refractivity contribution < 1.29 is 14.4 Å². The number of nitrogens with zero attached hydrogens (tertiary/aromatic N) is 1. The predicted molar refractivity (Wildman–Crippen MR) is 116 cm³/mol. The number of aryl methyl sites for hydroxylation is 1. The van der Waals surface area contributed by atoms with Gasteiger partial charge < -0.3 is 14.5 Å². The highest BCUT2D eigenvalue weighted by Gasteiger charge is 2.24. The van der Waals surface area contributed by atoms with Crippen molar-refractivity contribution in [2.24, 2.45) is 0 Å². The van der Waals surface area contributed by atoms with E-state index in [-0.39, 0.29) is 12.5 Å². The lowest BCUT2D eigenvalue weighted by Crippen LogP contribution is -3.13. The molecule has 4 heteroatoms. The summed E-state index contributed by atoms with van der Waals surface area (Å²) in [5.41, 5.74) is 2.75. The van der Waals surface area contributed by atoms with Gasteiger partial charge in [-0.1, -0.05) is 61.5 Å². The van der Waals surface area contributed by atoms with E-state index in [4.69, 9.17) is 4.74 Å². The number of carbonyl (C=O) groups excluding carboxylic acids is 1. The van der Waals surface area contributed by atoms with Gasteiger partial charge in [0.1, 0.15) is 12.3 Å². The zero-order valence-electron chi connectivity index (χ0n) is 17.1. The summed E-state index contributed by atoms with van der Waals surface area (Å²) in [6.07, 6.45) is 1.08. The molecular weight excluding hydrogens is 360 g/mol. The number of ether oxygens (including phenoxy) is 1. The average Bonchev–Trinajstić information content (AvgIpc) is 2.78. The first-order valence-electron chi connectivity index (χ1n) is 10.5. The molecule has 29 heavy (non-hydrogen) atoms. The second kappa shape index (κ2) is 9.10. The summed E-state index contributed by atoms with van der Waals surface area (Å²) < 4.78 is 5.78. The van der Waals surface area contributed by atoms with Crippen molar-refractivity contribution in [3.05, 3.63) is 77.9 Å². The van der Waals surface area contributed by atoms with Crippen LogP contribution < -0.4 is 9.64 Å². The van der Waals surface area contributed by atoms with Gasteiger partial charge in [0.25, 0.3) is 5.91 Å². The lowest BCUT2D eigenvalue weighted by Gasteiger charge is -2.32. The Bertz CT molecular complexity index is 960. The summed E-state index contributed by atoms with van der Waals surface area (Å²) in [7, 11) is 0. The lowest BCUT2D eigenvalue weighted by atomic mass is 10.1. The maximum Gasteiger partial charge on any atom is 0.260 e. The molecule has 1 N–H and O–H groups in total. The fourth-order valence-corrected chi connectivity index (χ4v) is 3.92. The Morgan fingerprint density at radius 1 is 0.931 bits per heavy atom. The van der Waals surface area contributed by atoms with Crippen LogP contribution in [0.2, 0.25) is 0 Å². The zero-order valence-corrected chi connectivity index (χ0v) is 17.1. The Balaban J connectivity index is 1.25. The number of carbonyl (C=O) groups is 1. The zero-order chi connectivity index (χ0) is 20.1. The molecule has 0 bridgehead atoms. The van der Waals surface area contributed by atoms with Gasteiger partial charge in [-0.05, 0) is 34.9 Å². The molecule has 150 valence electrons. The fraction of sp³-hybridized carbons (Fsp3) is 0.320. The molecule has 1 aliphatic heterocycles. The van der Waals surface area contributed by atoms with Crippen molar-refractivity contribution in [1.82, 2.24) is 4.90 Å². The van der Waals surface area contributed by atoms with Crippen LogP contribution in [-0.4, -0.2) is 43.6 Å².